The fourth-order valence-corrected chi connectivity index (χ4v) is 7.08. The topological polar surface area (TPSA) is 129 Å². The quantitative estimate of drug-likeness (QED) is 0.326. The van der Waals surface area contributed by atoms with Gasteiger partial charge in [-0.1, -0.05) is 62.4 Å². The number of amides is 3. The first-order valence-corrected chi connectivity index (χ1v) is 16.1. The van der Waals surface area contributed by atoms with Gasteiger partial charge in [-0.3, -0.25) is 14.4 Å². The third-order valence-corrected chi connectivity index (χ3v) is 9.97. The van der Waals surface area contributed by atoms with Gasteiger partial charge in [0.25, 0.3) is 0 Å². The number of likely N-dealkylation sites (tertiary alicyclic amines) is 1. The number of nitrogens with one attached hydrogen (secondary N) is 1. The maximum atomic E-state index is 14.0. The van der Waals surface area contributed by atoms with Crippen molar-refractivity contribution in [2.24, 2.45) is 11.8 Å². The number of aromatic nitrogens is 1. The zero-order valence-electron chi connectivity index (χ0n) is 25.4. The van der Waals surface area contributed by atoms with E-state index in [0.29, 0.717) is 29.6 Å². The lowest BCUT2D eigenvalue weighted by molar-refractivity contribution is -0.144. The molecule has 3 amide bonds. The molecule has 0 radical (unpaired) electrons. The lowest BCUT2D eigenvalue weighted by Gasteiger charge is -2.39. The van der Waals surface area contributed by atoms with E-state index >= 15 is 0 Å². The number of thiazole rings is 1. The van der Waals surface area contributed by atoms with Crippen LogP contribution >= 0.6 is 11.3 Å². The van der Waals surface area contributed by atoms with Gasteiger partial charge in [0, 0.05) is 30.8 Å². The number of hydrogen-bond acceptors (Lipinski definition) is 7. The molecule has 9 nitrogen and oxygen atoms in total. The zero-order chi connectivity index (χ0) is 30.4. The van der Waals surface area contributed by atoms with E-state index in [1.807, 2.05) is 56.5 Å². The molecule has 2 fully saturated rings. The van der Waals surface area contributed by atoms with Gasteiger partial charge in [0.2, 0.25) is 17.7 Å². The first-order chi connectivity index (χ1) is 20.0. The molecule has 230 valence electrons. The first-order valence-electron chi connectivity index (χ1n) is 15.3. The highest BCUT2D eigenvalue weighted by atomic mass is 32.1. The van der Waals surface area contributed by atoms with E-state index in [9.17, 15) is 19.5 Å². The largest absolute Gasteiger partial charge is 0.390 e. The number of nitrogen functional groups attached to an aromatic ring is 1. The van der Waals surface area contributed by atoms with Gasteiger partial charge in [-0.05, 0) is 45.1 Å². The van der Waals surface area contributed by atoms with Crippen molar-refractivity contribution < 1.29 is 19.5 Å². The van der Waals surface area contributed by atoms with Gasteiger partial charge in [0.1, 0.15) is 0 Å². The maximum Gasteiger partial charge on any atom is 0.228 e. The Morgan fingerprint density at radius 1 is 1.19 bits per heavy atom. The molecule has 4 atom stereocenters. The SMILES string of the molecule is C[C@H](NC(=O)CCC(=O)N(Cc1csc(N)n1)[C@@H](CC1CCCCC1)[C@@H](O)[C@@H]1CC(C)(C)N(C)C1=O)c1ccccc1. The summed E-state index contributed by atoms with van der Waals surface area (Å²) in [6, 6.07) is 8.93. The average Bonchev–Trinajstić information content (AvgIpc) is 3.48. The van der Waals surface area contributed by atoms with E-state index in [2.05, 4.69) is 10.3 Å². The molecule has 1 aliphatic heterocycles. The van der Waals surface area contributed by atoms with E-state index in [1.165, 1.54) is 17.8 Å². The summed E-state index contributed by atoms with van der Waals surface area (Å²) in [6.45, 7) is 6.10. The maximum absolute atomic E-state index is 14.0. The minimum Gasteiger partial charge on any atom is -0.390 e. The number of anilines is 1. The third-order valence-electron chi connectivity index (χ3n) is 9.25. The average molecular weight is 598 g/mol. The first kappa shape index (κ1) is 31.9. The Morgan fingerprint density at radius 3 is 2.48 bits per heavy atom. The van der Waals surface area contributed by atoms with Crippen LogP contribution in [0.25, 0.3) is 0 Å². The van der Waals surface area contributed by atoms with Crippen molar-refractivity contribution in [2.45, 2.75) is 109 Å². The number of nitrogens with two attached hydrogens (primary N) is 1. The number of carbonyl (C=O) groups excluding carboxylic acids is 3. The van der Waals surface area contributed by atoms with Crippen molar-refractivity contribution in [3.63, 3.8) is 0 Å². The van der Waals surface area contributed by atoms with Crippen LogP contribution in [0.1, 0.15) is 95.9 Å². The van der Waals surface area contributed by atoms with Gasteiger partial charge < -0.3 is 26.0 Å². The Bertz CT molecular complexity index is 1210. The second-order valence-electron chi connectivity index (χ2n) is 12.7. The summed E-state index contributed by atoms with van der Waals surface area (Å²) in [6.07, 6.45) is 5.63. The van der Waals surface area contributed by atoms with E-state index in [1.54, 1.807) is 16.8 Å². The molecule has 0 spiro atoms. The van der Waals surface area contributed by atoms with Crippen LogP contribution in [0, 0.1) is 11.8 Å². The van der Waals surface area contributed by atoms with Crippen molar-refractivity contribution in [3.8, 4) is 0 Å². The number of rotatable bonds is 12. The molecule has 1 aliphatic carbocycles. The predicted molar refractivity (Wildman–Crippen MR) is 165 cm³/mol. The van der Waals surface area contributed by atoms with Crippen LogP contribution in [0.15, 0.2) is 35.7 Å². The summed E-state index contributed by atoms with van der Waals surface area (Å²) in [4.78, 5) is 48.0. The van der Waals surface area contributed by atoms with Gasteiger partial charge in [-0.2, -0.15) is 0 Å². The molecule has 1 saturated heterocycles. The monoisotopic (exact) mass is 597 g/mol. The molecule has 2 aromatic rings. The third kappa shape index (κ3) is 7.89. The normalized spacial score (nSPS) is 21.1. The van der Waals surface area contributed by atoms with Gasteiger partial charge in [-0.25, -0.2) is 4.98 Å². The Morgan fingerprint density at radius 2 is 1.88 bits per heavy atom. The van der Waals surface area contributed by atoms with Crippen LogP contribution in [0.4, 0.5) is 5.13 Å². The van der Waals surface area contributed by atoms with Crippen LogP contribution in [0.5, 0.6) is 0 Å². The highest BCUT2D eigenvalue weighted by Gasteiger charge is 2.49. The van der Waals surface area contributed by atoms with E-state index in [-0.39, 0.29) is 48.7 Å². The lowest BCUT2D eigenvalue weighted by Crippen LogP contribution is -2.51. The van der Waals surface area contributed by atoms with Gasteiger partial charge in [0.05, 0.1) is 36.3 Å². The number of benzene rings is 1. The standard InChI is InChI=1S/C32H47N5O4S/c1-21(23-13-9-6-10-14-23)34-27(38)15-16-28(39)37(19-24-20-42-31(33)35-24)26(17-22-11-7-5-8-12-22)29(40)25-18-32(2,3)36(4)30(25)41/h6,9-10,13-14,20-22,25-26,29,40H,5,7-8,11-12,15-19H2,1-4H3,(H2,33,35)(H,34,38)/t21-,25-,26-,29-/m0/s1. The second kappa shape index (κ2) is 14.0. The van der Waals surface area contributed by atoms with Crippen LogP contribution in [-0.2, 0) is 20.9 Å². The second-order valence-corrected chi connectivity index (χ2v) is 13.6. The zero-order valence-corrected chi connectivity index (χ0v) is 26.2. The number of carbonyl (C=O) groups is 3. The minimum atomic E-state index is -1.03. The Balaban J connectivity index is 1.55. The highest BCUT2D eigenvalue weighted by Crippen LogP contribution is 2.38. The van der Waals surface area contributed by atoms with Crippen LogP contribution < -0.4 is 11.1 Å². The molecule has 4 rings (SSSR count). The molecule has 2 heterocycles. The van der Waals surface area contributed by atoms with Crippen molar-refractivity contribution in [1.82, 2.24) is 20.1 Å². The molecule has 42 heavy (non-hydrogen) atoms. The minimum absolute atomic E-state index is 0.00907. The van der Waals surface area contributed by atoms with E-state index in [0.717, 1.165) is 31.2 Å². The lowest BCUT2D eigenvalue weighted by atomic mass is 9.80. The molecule has 1 saturated carbocycles. The summed E-state index contributed by atoms with van der Waals surface area (Å²) in [5.74, 6) is -0.796. The number of hydrogen-bond donors (Lipinski definition) is 3. The van der Waals surface area contributed by atoms with Crippen molar-refractivity contribution in [1.29, 1.82) is 0 Å². The van der Waals surface area contributed by atoms with Gasteiger partial charge in [0.15, 0.2) is 5.13 Å². The Hall–Kier alpha value is -2.98. The number of aliphatic hydroxyl groups excluding tert-OH is 1. The fraction of sp³-hybridized carbons (Fsp3) is 0.625. The van der Waals surface area contributed by atoms with Crippen molar-refractivity contribution >= 4 is 34.2 Å². The summed E-state index contributed by atoms with van der Waals surface area (Å²) in [7, 11) is 1.78. The van der Waals surface area contributed by atoms with E-state index in [4.69, 9.17) is 5.73 Å². The van der Waals surface area contributed by atoms with Gasteiger partial charge >= 0.3 is 0 Å². The summed E-state index contributed by atoms with van der Waals surface area (Å²) in [5, 5.41) is 17.1. The molecule has 2 aliphatic rings. The molecule has 10 heteroatoms. The van der Waals surface area contributed by atoms with Crippen LogP contribution in [0.2, 0.25) is 0 Å². The predicted octanol–water partition coefficient (Wildman–Crippen LogP) is 4.67. The van der Waals surface area contributed by atoms with Crippen molar-refractivity contribution in [3.05, 3.63) is 47.0 Å². The van der Waals surface area contributed by atoms with Crippen LogP contribution in [0.3, 0.4) is 0 Å². The molecule has 0 bridgehead atoms. The molecule has 1 aromatic carbocycles. The molecule has 1 aromatic heterocycles. The molecule has 0 unspecified atom stereocenters. The highest BCUT2D eigenvalue weighted by molar-refractivity contribution is 7.13. The summed E-state index contributed by atoms with van der Waals surface area (Å²) in [5.41, 5.74) is 7.17. The van der Waals surface area contributed by atoms with Gasteiger partial charge in [-0.15, -0.1) is 11.3 Å². The Kier molecular flexibility index (Phi) is 10.6. The Labute approximate surface area is 253 Å². The molecular weight excluding hydrogens is 550 g/mol. The summed E-state index contributed by atoms with van der Waals surface area (Å²) >= 11 is 1.30. The van der Waals surface area contributed by atoms with Crippen molar-refractivity contribution in [2.75, 3.05) is 12.8 Å². The van der Waals surface area contributed by atoms with E-state index < -0.39 is 18.1 Å². The fourth-order valence-electron chi connectivity index (χ4n) is 6.52. The molecule has 4 N–H and O–H groups in total. The smallest absolute Gasteiger partial charge is 0.228 e. The molecular formula is C32H47N5O4S. The van der Waals surface area contributed by atoms with Crippen LogP contribution in [-0.4, -0.2) is 62.3 Å². The summed E-state index contributed by atoms with van der Waals surface area (Å²) < 4.78 is 0. The number of aliphatic hydroxyl groups is 1. The number of nitrogens with zero attached hydrogens (tertiary/aromatic N) is 3.